The Labute approximate surface area is 268 Å². The average Bonchev–Trinajstić information content (AvgIpc) is 2.95. The van der Waals surface area contributed by atoms with Gasteiger partial charge in [0.05, 0.1) is 0 Å². The molecule has 0 aliphatic rings. The zero-order valence-electron chi connectivity index (χ0n) is 32.0. The van der Waals surface area contributed by atoms with E-state index in [0.29, 0.717) is 0 Å². The summed E-state index contributed by atoms with van der Waals surface area (Å²) in [6.07, 6.45) is 27.7. The van der Waals surface area contributed by atoms with Crippen LogP contribution in [0, 0.1) is 29.6 Å². The number of rotatable bonds is 20. The first-order chi connectivity index (χ1) is 19.0. The van der Waals surface area contributed by atoms with Crippen LogP contribution in [0.2, 0.25) is 0 Å². The molecular weight excluding hydrogens is 492 g/mol. The fraction of sp³-hybridized carbons (Fsp3) is 1.00. The summed E-state index contributed by atoms with van der Waals surface area (Å²) >= 11 is 0. The molecule has 0 nitrogen and oxygen atoms in total. The Morgan fingerprint density at radius 1 is 0.268 bits per heavy atom. The molecule has 0 amide bonds. The first-order valence-electron chi connectivity index (χ1n) is 19.0. The summed E-state index contributed by atoms with van der Waals surface area (Å²) in [6, 6.07) is 0. The summed E-state index contributed by atoms with van der Waals surface area (Å²) in [4.78, 5) is 0. The highest BCUT2D eigenvalue weighted by Crippen LogP contribution is 2.15. The van der Waals surface area contributed by atoms with Crippen molar-refractivity contribution in [1.29, 1.82) is 0 Å². The van der Waals surface area contributed by atoms with Gasteiger partial charge in [0, 0.05) is 0 Å². The lowest BCUT2D eigenvalue weighted by Gasteiger charge is -2.08. The van der Waals surface area contributed by atoms with Gasteiger partial charge in [-0.2, -0.15) is 0 Å². The normalized spacial score (nSPS) is 11.6. The molecule has 2 unspecified atom stereocenters. The maximum absolute atomic E-state index is 2.38. The van der Waals surface area contributed by atoms with Crippen molar-refractivity contribution in [3.8, 4) is 0 Å². The smallest absolute Gasteiger partial charge is 0.0443 e. The Bertz CT molecular complexity index is 341. The molecule has 0 bridgehead atoms. The fourth-order valence-corrected chi connectivity index (χ4v) is 4.55. The van der Waals surface area contributed by atoms with Gasteiger partial charge in [0.2, 0.25) is 0 Å². The SMILES string of the molecule is C.CCC(C)CC.CCCC(C)CC.CCCC(C)CCC.CCCCC(C)CCC.CCCCC(C)CCCC. The third-order valence-corrected chi connectivity index (χ3v) is 8.37. The van der Waals surface area contributed by atoms with Gasteiger partial charge in [0.15, 0.2) is 0 Å². The second-order valence-corrected chi connectivity index (χ2v) is 13.3. The summed E-state index contributed by atoms with van der Waals surface area (Å²) in [5, 5.41) is 0. The van der Waals surface area contributed by atoms with Crippen LogP contribution in [0.25, 0.3) is 0 Å². The van der Waals surface area contributed by atoms with Crippen LogP contribution in [-0.4, -0.2) is 0 Å². The minimum atomic E-state index is 0. The van der Waals surface area contributed by atoms with Crippen LogP contribution in [0.1, 0.15) is 240 Å². The zero-order chi connectivity index (χ0) is 32.0. The molecule has 0 spiro atoms. The van der Waals surface area contributed by atoms with Crippen molar-refractivity contribution in [2.45, 2.75) is 240 Å². The Morgan fingerprint density at radius 3 is 0.659 bits per heavy atom. The van der Waals surface area contributed by atoms with E-state index in [4.69, 9.17) is 0 Å². The van der Waals surface area contributed by atoms with Gasteiger partial charge in [-0.3, -0.25) is 0 Å². The Kier molecular flexibility index (Phi) is 64.9. The van der Waals surface area contributed by atoms with E-state index in [1.807, 2.05) is 0 Å². The van der Waals surface area contributed by atoms with Crippen molar-refractivity contribution in [2.75, 3.05) is 0 Å². The summed E-state index contributed by atoms with van der Waals surface area (Å²) in [7, 11) is 0. The van der Waals surface area contributed by atoms with E-state index < -0.39 is 0 Å². The molecule has 0 fully saturated rings. The van der Waals surface area contributed by atoms with Gasteiger partial charge in [-0.25, -0.2) is 0 Å². The lowest BCUT2D eigenvalue weighted by atomic mass is 9.98. The topological polar surface area (TPSA) is 0 Å². The Morgan fingerprint density at radius 2 is 0.488 bits per heavy atom. The van der Waals surface area contributed by atoms with Crippen molar-refractivity contribution in [2.24, 2.45) is 29.6 Å². The predicted octanol–water partition coefficient (Wildman–Crippen LogP) is 16.7. The van der Waals surface area contributed by atoms with E-state index in [0.717, 1.165) is 29.6 Å². The summed E-state index contributed by atoms with van der Waals surface area (Å²) in [6.45, 7) is 34.2. The van der Waals surface area contributed by atoms with Crippen LogP contribution < -0.4 is 0 Å². The standard InChI is InChI=1S/C10H22.C9H20.C8H18.C7H16.C6H14.CH4/c1-4-6-8-10(3)9-7-5-2;1-4-6-8-9(3)7-5-2;1-4-6-8(3)7-5-2;1-4-6-7(3)5-2;1-4-6(3)5-2;/h10H,4-9H2,1-3H3;9H,4-8H2,1-3H3;8H,4-7H2,1-3H3;7H,4-6H2,1-3H3;6H,4-5H2,1-3H3;1H4. The highest BCUT2D eigenvalue weighted by Gasteiger charge is 1.99. The number of hydrogen-bond acceptors (Lipinski definition) is 0. The second kappa shape index (κ2) is 49.7. The molecule has 0 aliphatic carbocycles. The van der Waals surface area contributed by atoms with Gasteiger partial charge < -0.3 is 0 Å². The second-order valence-electron chi connectivity index (χ2n) is 13.3. The lowest BCUT2D eigenvalue weighted by molar-refractivity contribution is 0.454. The fourth-order valence-electron chi connectivity index (χ4n) is 4.55. The highest BCUT2D eigenvalue weighted by atomic mass is 14.1. The van der Waals surface area contributed by atoms with E-state index in [2.05, 4.69) is 104 Å². The first-order valence-corrected chi connectivity index (χ1v) is 19.0. The van der Waals surface area contributed by atoms with Crippen molar-refractivity contribution in [3.63, 3.8) is 0 Å². The first kappa shape index (κ1) is 53.6. The summed E-state index contributed by atoms with van der Waals surface area (Å²) < 4.78 is 0. The summed E-state index contributed by atoms with van der Waals surface area (Å²) in [5.74, 6) is 4.79. The van der Waals surface area contributed by atoms with Gasteiger partial charge in [0.25, 0.3) is 0 Å². The third-order valence-electron chi connectivity index (χ3n) is 8.37. The molecule has 0 aliphatic heterocycles. The highest BCUT2D eigenvalue weighted by molar-refractivity contribution is 4.53. The molecule has 2 atom stereocenters. The van der Waals surface area contributed by atoms with Crippen molar-refractivity contribution in [3.05, 3.63) is 0 Å². The van der Waals surface area contributed by atoms with E-state index >= 15 is 0 Å². The van der Waals surface area contributed by atoms with Gasteiger partial charge in [0.1, 0.15) is 0 Å². The minimum absolute atomic E-state index is 0. The molecular formula is C41H94. The maximum atomic E-state index is 2.38. The van der Waals surface area contributed by atoms with Crippen LogP contribution in [0.3, 0.4) is 0 Å². The van der Waals surface area contributed by atoms with Crippen LogP contribution in [0.4, 0.5) is 0 Å². The molecule has 0 aromatic rings. The Balaban J connectivity index is -0.0000000938. The van der Waals surface area contributed by atoms with E-state index in [1.54, 1.807) is 0 Å². The molecule has 0 saturated heterocycles. The quantitative estimate of drug-likeness (QED) is 0.133. The number of unbranched alkanes of at least 4 members (excludes halogenated alkanes) is 3. The predicted molar refractivity (Wildman–Crippen MR) is 202 cm³/mol. The van der Waals surface area contributed by atoms with Gasteiger partial charge in [-0.05, 0) is 29.6 Å². The molecule has 0 heterocycles. The van der Waals surface area contributed by atoms with Crippen LogP contribution in [0.15, 0.2) is 0 Å². The van der Waals surface area contributed by atoms with Gasteiger partial charge in [-0.1, -0.05) is 240 Å². The zero-order valence-corrected chi connectivity index (χ0v) is 32.0. The molecule has 0 radical (unpaired) electrons. The van der Waals surface area contributed by atoms with E-state index in [1.165, 1.54) is 128 Å². The largest absolute Gasteiger partial charge is 0.0776 e. The van der Waals surface area contributed by atoms with Gasteiger partial charge >= 0.3 is 0 Å². The lowest BCUT2D eigenvalue weighted by Crippen LogP contribution is -1.93. The molecule has 258 valence electrons. The maximum Gasteiger partial charge on any atom is -0.0443 e. The number of hydrogen-bond donors (Lipinski definition) is 0. The van der Waals surface area contributed by atoms with Crippen LogP contribution in [0.5, 0.6) is 0 Å². The molecule has 0 aromatic heterocycles. The van der Waals surface area contributed by atoms with Gasteiger partial charge in [-0.15, -0.1) is 0 Å². The molecule has 0 aromatic carbocycles. The monoisotopic (exact) mass is 587 g/mol. The molecule has 0 saturated carbocycles. The van der Waals surface area contributed by atoms with Crippen LogP contribution in [-0.2, 0) is 0 Å². The van der Waals surface area contributed by atoms with Crippen molar-refractivity contribution < 1.29 is 0 Å². The molecule has 0 rings (SSSR count). The van der Waals surface area contributed by atoms with Crippen molar-refractivity contribution >= 4 is 0 Å². The molecule has 0 N–H and O–H groups in total. The molecule has 41 heavy (non-hydrogen) atoms. The van der Waals surface area contributed by atoms with Crippen molar-refractivity contribution in [1.82, 2.24) is 0 Å². The van der Waals surface area contributed by atoms with Crippen LogP contribution >= 0.6 is 0 Å². The van der Waals surface area contributed by atoms with E-state index in [-0.39, 0.29) is 7.43 Å². The molecule has 0 heteroatoms. The van der Waals surface area contributed by atoms with E-state index in [9.17, 15) is 0 Å². The third kappa shape index (κ3) is 64.2. The Hall–Kier alpha value is 0. The average molecular weight is 587 g/mol. The summed E-state index contributed by atoms with van der Waals surface area (Å²) in [5.41, 5.74) is 0. The minimum Gasteiger partial charge on any atom is -0.0776 e.